The molecule has 0 aliphatic carbocycles. The van der Waals surface area contributed by atoms with Gasteiger partial charge < -0.3 is 5.32 Å². The summed E-state index contributed by atoms with van der Waals surface area (Å²) in [6.45, 7) is 2.06. The summed E-state index contributed by atoms with van der Waals surface area (Å²) in [5.41, 5.74) is 0. The van der Waals surface area contributed by atoms with Crippen molar-refractivity contribution in [2.24, 2.45) is 0 Å². The zero-order chi connectivity index (χ0) is 11.6. The first-order chi connectivity index (χ1) is 7.62. The van der Waals surface area contributed by atoms with Crippen LogP contribution in [0.25, 0.3) is 0 Å². The Morgan fingerprint density at radius 2 is 2.12 bits per heavy atom. The van der Waals surface area contributed by atoms with Gasteiger partial charge in [-0.1, -0.05) is 6.42 Å². The second-order valence-electron chi connectivity index (χ2n) is 5.00. The van der Waals surface area contributed by atoms with Crippen molar-refractivity contribution in [1.29, 1.82) is 0 Å². The predicted molar refractivity (Wildman–Crippen MR) is 65.3 cm³/mol. The molecule has 1 N–H and O–H groups in total. The lowest BCUT2D eigenvalue weighted by Crippen LogP contribution is -2.50. The molecule has 94 valence electrons. The van der Waals surface area contributed by atoms with Crippen molar-refractivity contribution in [3.8, 4) is 0 Å². The van der Waals surface area contributed by atoms with Crippen molar-refractivity contribution < 1.29 is 8.42 Å². The molecule has 2 rings (SSSR count). The molecular weight excluding hydrogens is 224 g/mol. The standard InChI is InChI=1S/C11H22N2O2S/c1-12-8-10-4-2-3-6-13(10)11-5-7-16(14,15)9-11/h10-12H,2-9H2,1H3. The van der Waals surface area contributed by atoms with Crippen molar-refractivity contribution in [2.45, 2.75) is 37.8 Å². The summed E-state index contributed by atoms with van der Waals surface area (Å²) in [5, 5.41) is 3.22. The number of nitrogens with zero attached hydrogens (tertiary/aromatic N) is 1. The molecule has 16 heavy (non-hydrogen) atoms. The van der Waals surface area contributed by atoms with E-state index in [-0.39, 0.29) is 6.04 Å². The van der Waals surface area contributed by atoms with E-state index in [1.807, 2.05) is 7.05 Å². The Hall–Kier alpha value is -0.130. The number of likely N-dealkylation sites (tertiary alicyclic amines) is 1. The summed E-state index contributed by atoms with van der Waals surface area (Å²) < 4.78 is 23.0. The zero-order valence-corrected chi connectivity index (χ0v) is 10.8. The Kier molecular flexibility index (Phi) is 3.87. The van der Waals surface area contributed by atoms with E-state index in [0.29, 0.717) is 17.5 Å². The summed E-state index contributed by atoms with van der Waals surface area (Å²) in [5.74, 6) is 0.771. The topological polar surface area (TPSA) is 49.4 Å². The summed E-state index contributed by atoms with van der Waals surface area (Å²) in [4.78, 5) is 2.44. The number of hydrogen-bond acceptors (Lipinski definition) is 4. The van der Waals surface area contributed by atoms with Gasteiger partial charge in [-0.25, -0.2) is 8.42 Å². The summed E-state index contributed by atoms with van der Waals surface area (Å²) in [6, 6.07) is 0.820. The average molecular weight is 246 g/mol. The van der Waals surface area contributed by atoms with Crippen LogP contribution in [0.1, 0.15) is 25.7 Å². The Labute approximate surface area is 98.3 Å². The minimum atomic E-state index is -2.75. The summed E-state index contributed by atoms with van der Waals surface area (Å²) in [6.07, 6.45) is 4.54. The molecule has 2 fully saturated rings. The van der Waals surface area contributed by atoms with Crippen molar-refractivity contribution in [2.75, 3.05) is 31.6 Å². The van der Waals surface area contributed by atoms with Gasteiger partial charge in [0.05, 0.1) is 11.5 Å². The molecule has 2 aliphatic heterocycles. The Balaban J connectivity index is 2.00. The lowest BCUT2D eigenvalue weighted by Gasteiger charge is -2.39. The molecule has 0 aromatic rings. The van der Waals surface area contributed by atoms with E-state index in [1.54, 1.807) is 0 Å². The Morgan fingerprint density at radius 1 is 1.31 bits per heavy atom. The van der Waals surface area contributed by atoms with E-state index in [1.165, 1.54) is 19.3 Å². The summed E-state index contributed by atoms with van der Waals surface area (Å²) >= 11 is 0. The summed E-state index contributed by atoms with van der Waals surface area (Å²) in [7, 11) is -0.775. The van der Waals surface area contributed by atoms with Gasteiger partial charge >= 0.3 is 0 Å². The second-order valence-corrected chi connectivity index (χ2v) is 7.23. The molecule has 2 aliphatic rings. The molecule has 0 spiro atoms. The van der Waals surface area contributed by atoms with Crippen LogP contribution in [-0.4, -0.2) is 57.0 Å². The Bertz CT molecular complexity index is 327. The van der Waals surface area contributed by atoms with Gasteiger partial charge in [0.2, 0.25) is 0 Å². The largest absolute Gasteiger partial charge is 0.318 e. The van der Waals surface area contributed by atoms with Gasteiger partial charge in [-0.15, -0.1) is 0 Å². The van der Waals surface area contributed by atoms with Gasteiger partial charge in [-0.05, 0) is 32.9 Å². The highest BCUT2D eigenvalue weighted by atomic mass is 32.2. The first-order valence-corrected chi connectivity index (χ1v) is 8.05. The molecule has 0 aromatic heterocycles. The van der Waals surface area contributed by atoms with Crippen molar-refractivity contribution in [3.05, 3.63) is 0 Å². The van der Waals surface area contributed by atoms with Crippen LogP contribution in [0.3, 0.4) is 0 Å². The molecule has 5 heteroatoms. The van der Waals surface area contributed by atoms with E-state index < -0.39 is 9.84 Å². The predicted octanol–water partition coefficient (Wildman–Crippen LogP) is 0.247. The van der Waals surface area contributed by atoms with Crippen LogP contribution in [-0.2, 0) is 9.84 Å². The molecule has 0 amide bonds. The third-order valence-corrected chi connectivity index (χ3v) is 5.54. The van der Waals surface area contributed by atoms with Crippen LogP contribution in [0.4, 0.5) is 0 Å². The molecule has 0 aromatic carbocycles. The highest BCUT2D eigenvalue weighted by Gasteiger charge is 2.36. The first-order valence-electron chi connectivity index (χ1n) is 6.23. The number of hydrogen-bond donors (Lipinski definition) is 1. The zero-order valence-electron chi connectivity index (χ0n) is 9.98. The number of likely N-dealkylation sites (N-methyl/N-ethyl adjacent to an activating group) is 1. The lowest BCUT2D eigenvalue weighted by atomic mass is 9.99. The van der Waals surface area contributed by atoms with E-state index in [0.717, 1.165) is 19.5 Å². The van der Waals surface area contributed by atoms with Crippen LogP contribution in [0.15, 0.2) is 0 Å². The highest BCUT2D eigenvalue weighted by Crippen LogP contribution is 2.25. The molecule has 4 nitrogen and oxygen atoms in total. The SMILES string of the molecule is CNCC1CCCCN1C1CCS(=O)(=O)C1. The van der Waals surface area contributed by atoms with E-state index >= 15 is 0 Å². The number of sulfone groups is 1. The van der Waals surface area contributed by atoms with Crippen LogP contribution >= 0.6 is 0 Å². The van der Waals surface area contributed by atoms with Crippen molar-refractivity contribution >= 4 is 9.84 Å². The molecule has 0 radical (unpaired) electrons. The average Bonchev–Trinajstić information content (AvgIpc) is 2.60. The molecule has 2 atom stereocenters. The van der Waals surface area contributed by atoms with Crippen LogP contribution < -0.4 is 5.32 Å². The third kappa shape index (κ3) is 2.76. The van der Waals surface area contributed by atoms with E-state index in [9.17, 15) is 8.42 Å². The number of nitrogens with one attached hydrogen (secondary N) is 1. The first kappa shape index (κ1) is 12.3. The minimum Gasteiger partial charge on any atom is -0.318 e. The van der Waals surface area contributed by atoms with Crippen molar-refractivity contribution in [3.63, 3.8) is 0 Å². The van der Waals surface area contributed by atoms with Gasteiger partial charge in [0, 0.05) is 18.6 Å². The molecule has 2 heterocycles. The fraction of sp³-hybridized carbons (Fsp3) is 1.00. The lowest BCUT2D eigenvalue weighted by molar-refractivity contribution is 0.106. The molecule has 0 bridgehead atoms. The van der Waals surface area contributed by atoms with Crippen molar-refractivity contribution in [1.82, 2.24) is 10.2 Å². The van der Waals surface area contributed by atoms with Gasteiger partial charge in [0.25, 0.3) is 0 Å². The Morgan fingerprint density at radius 3 is 2.75 bits per heavy atom. The second kappa shape index (κ2) is 5.02. The maximum Gasteiger partial charge on any atom is 0.151 e. The molecule has 0 saturated carbocycles. The maximum absolute atomic E-state index is 11.5. The number of piperidine rings is 1. The normalized spacial score (nSPS) is 35.3. The fourth-order valence-electron chi connectivity index (χ4n) is 3.00. The van der Waals surface area contributed by atoms with E-state index in [2.05, 4.69) is 10.2 Å². The molecule has 2 unspecified atom stereocenters. The fourth-order valence-corrected chi connectivity index (χ4v) is 4.74. The third-order valence-electron chi connectivity index (χ3n) is 3.79. The number of rotatable bonds is 3. The van der Waals surface area contributed by atoms with Gasteiger partial charge in [0.15, 0.2) is 9.84 Å². The quantitative estimate of drug-likeness (QED) is 0.775. The van der Waals surface area contributed by atoms with Crippen LogP contribution in [0, 0.1) is 0 Å². The van der Waals surface area contributed by atoms with Crippen LogP contribution in [0.5, 0.6) is 0 Å². The van der Waals surface area contributed by atoms with E-state index in [4.69, 9.17) is 0 Å². The molecule has 2 saturated heterocycles. The van der Waals surface area contributed by atoms with Gasteiger partial charge in [0.1, 0.15) is 0 Å². The molecular formula is C11H22N2O2S. The smallest absolute Gasteiger partial charge is 0.151 e. The maximum atomic E-state index is 11.5. The van der Waals surface area contributed by atoms with Gasteiger partial charge in [-0.2, -0.15) is 0 Å². The minimum absolute atomic E-state index is 0.281. The van der Waals surface area contributed by atoms with Gasteiger partial charge in [-0.3, -0.25) is 4.90 Å². The monoisotopic (exact) mass is 246 g/mol. The highest BCUT2D eigenvalue weighted by molar-refractivity contribution is 7.91. The van der Waals surface area contributed by atoms with Crippen LogP contribution in [0.2, 0.25) is 0 Å².